The van der Waals surface area contributed by atoms with Gasteiger partial charge in [-0.2, -0.15) is 0 Å². The summed E-state index contributed by atoms with van der Waals surface area (Å²) in [5, 5.41) is 1.14. The first-order valence-electron chi connectivity index (χ1n) is 6.82. The molecule has 5 nitrogen and oxygen atoms in total. The fraction of sp³-hybridized carbons (Fsp3) is 0.500. The highest BCUT2D eigenvalue weighted by molar-refractivity contribution is 7.15. The van der Waals surface area contributed by atoms with E-state index < -0.39 is 0 Å². The summed E-state index contributed by atoms with van der Waals surface area (Å²) in [4.78, 5) is 18.9. The van der Waals surface area contributed by atoms with Crippen LogP contribution in [0, 0.1) is 13.8 Å². The zero-order chi connectivity index (χ0) is 14.1. The molecular weight excluding hydrogens is 270 g/mol. The molecule has 1 saturated heterocycles. The third-order valence-corrected chi connectivity index (χ3v) is 4.71. The highest BCUT2D eigenvalue weighted by atomic mass is 32.1. The number of anilines is 2. The zero-order valence-corrected chi connectivity index (χ0v) is 12.9. The first-order chi connectivity index (χ1) is 9.63. The summed E-state index contributed by atoms with van der Waals surface area (Å²) in [7, 11) is 2.11. The van der Waals surface area contributed by atoms with Crippen LogP contribution < -0.4 is 9.80 Å². The molecule has 0 N–H and O–H groups in total. The molecule has 106 valence electrons. The monoisotopic (exact) mass is 289 g/mol. The largest absolute Gasteiger partial charge is 0.355 e. The number of rotatable bonds is 3. The highest BCUT2D eigenvalue weighted by Gasteiger charge is 2.28. The minimum atomic E-state index is 0.480. The summed E-state index contributed by atoms with van der Waals surface area (Å²) in [5.74, 6) is 1.000. The van der Waals surface area contributed by atoms with Gasteiger partial charge in [0.05, 0.1) is 0 Å². The van der Waals surface area contributed by atoms with Crippen molar-refractivity contribution in [3.05, 3.63) is 29.2 Å². The van der Waals surface area contributed by atoms with E-state index in [2.05, 4.69) is 38.7 Å². The number of hydrogen-bond donors (Lipinski definition) is 0. The van der Waals surface area contributed by atoms with Gasteiger partial charge in [-0.25, -0.2) is 15.0 Å². The van der Waals surface area contributed by atoms with Gasteiger partial charge in [0.15, 0.2) is 5.13 Å². The fourth-order valence-corrected chi connectivity index (χ4v) is 3.33. The number of nitrogens with zero attached hydrogens (tertiary/aromatic N) is 5. The average molecular weight is 289 g/mol. The van der Waals surface area contributed by atoms with Crippen LogP contribution in [0.5, 0.6) is 0 Å². The topological polar surface area (TPSA) is 45.2 Å². The molecule has 0 aromatic carbocycles. The summed E-state index contributed by atoms with van der Waals surface area (Å²) in [6.07, 6.45) is 4.72. The van der Waals surface area contributed by atoms with E-state index in [9.17, 15) is 0 Å². The van der Waals surface area contributed by atoms with Gasteiger partial charge in [-0.3, -0.25) is 0 Å². The van der Waals surface area contributed by atoms with Crippen LogP contribution in [0.2, 0.25) is 0 Å². The van der Waals surface area contributed by atoms with E-state index in [0.29, 0.717) is 6.04 Å². The van der Waals surface area contributed by atoms with Gasteiger partial charge in [0.25, 0.3) is 0 Å². The molecule has 0 amide bonds. The average Bonchev–Trinajstić information content (AvgIpc) is 3.06. The van der Waals surface area contributed by atoms with E-state index in [0.717, 1.165) is 36.2 Å². The summed E-state index contributed by atoms with van der Waals surface area (Å²) in [6, 6.07) is 2.52. The van der Waals surface area contributed by atoms with Crippen LogP contribution in [0.15, 0.2) is 18.6 Å². The maximum absolute atomic E-state index is 4.48. The van der Waals surface area contributed by atoms with Crippen molar-refractivity contribution in [1.82, 2.24) is 15.0 Å². The Morgan fingerprint density at radius 1 is 1.30 bits per heavy atom. The molecule has 0 spiro atoms. The van der Waals surface area contributed by atoms with Crippen molar-refractivity contribution in [1.29, 1.82) is 0 Å². The number of thiazole rings is 1. The molecule has 1 atom stereocenters. The van der Waals surface area contributed by atoms with E-state index in [1.165, 1.54) is 4.88 Å². The van der Waals surface area contributed by atoms with Gasteiger partial charge in [0, 0.05) is 49.0 Å². The third kappa shape index (κ3) is 2.60. The van der Waals surface area contributed by atoms with Crippen molar-refractivity contribution >= 4 is 22.3 Å². The van der Waals surface area contributed by atoms with Gasteiger partial charge in [0.2, 0.25) is 0 Å². The molecule has 1 fully saturated rings. The maximum Gasteiger partial charge on any atom is 0.185 e. The van der Waals surface area contributed by atoms with Crippen molar-refractivity contribution in [2.75, 3.05) is 29.9 Å². The Balaban J connectivity index is 1.70. The van der Waals surface area contributed by atoms with Crippen LogP contribution in [0.4, 0.5) is 10.9 Å². The minimum absolute atomic E-state index is 0.480. The number of aromatic nitrogens is 3. The van der Waals surface area contributed by atoms with Crippen molar-refractivity contribution in [2.45, 2.75) is 26.3 Å². The van der Waals surface area contributed by atoms with Crippen LogP contribution in [-0.4, -0.2) is 41.1 Å². The van der Waals surface area contributed by atoms with Gasteiger partial charge in [0.1, 0.15) is 12.1 Å². The summed E-state index contributed by atoms with van der Waals surface area (Å²) in [5.41, 5.74) is 1.01. The van der Waals surface area contributed by atoms with Gasteiger partial charge < -0.3 is 9.80 Å². The molecule has 3 heterocycles. The van der Waals surface area contributed by atoms with Crippen LogP contribution in [0.3, 0.4) is 0 Å². The van der Waals surface area contributed by atoms with Gasteiger partial charge in [-0.05, 0) is 20.3 Å². The molecule has 2 aromatic heterocycles. The second kappa shape index (κ2) is 5.36. The van der Waals surface area contributed by atoms with Gasteiger partial charge in [-0.1, -0.05) is 0 Å². The Hall–Kier alpha value is -1.69. The van der Waals surface area contributed by atoms with Gasteiger partial charge in [-0.15, -0.1) is 11.3 Å². The number of likely N-dealkylation sites (N-methyl/N-ethyl adjacent to an activating group) is 1. The van der Waals surface area contributed by atoms with E-state index >= 15 is 0 Å². The summed E-state index contributed by atoms with van der Waals surface area (Å²) < 4.78 is 0. The molecule has 20 heavy (non-hydrogen) atoms. The lowest BCUT2D eigenvalue weighted by Crippen LogP contribution is -2.35. The lowest BCUT2D eigenvalue weighted by atomic mass is 10.2. The first kappa shape index (κ1) is 13.3. The lowest BCUT2D eigenvalue weighted by Gasteiger charge is -2.25. The minimum Gasteiger partial charge on any atom is -0.355 e. The second-order valence-corrected chi connectivity index (χ2v) is 6.48. The molecule has 0 saturated carbocycles. The Morgan fingerprint density at radius 2 is 2.15 bits per heavy atom. The summed E-state index contributed by atoms with van der Waals surface area (Å²) in [6.45, 7) is 6.17. The predicted octanol–water partition coefficient (Wildman–Crippen LogP) is 2.27. The van der Waals surface area contributed by atoms with E-state index in [1.54, 1.807) is 17.7 Å². The zero-order valence-electron chi connectivity index (χ0n) is 12.1. The van der Waals surface area contributed by atoms with E-state index in [-0.39, 0.29) is 0 Å². The fourth-order valence-electron chi connectivity index (χ4n) is 2.54. The highest BCUT2D eigenvalue weighted by Crippen LogP contribution is 2.27. The third-order valence-electron chi connectivity index (χ3n) is 3.74. The van der Waals surface area contributed by atoms with Crippen LogP contribution in [0.25, 0.3) is 0 Å². The Morgan fingerprint density at radius 3 is 2.85 bits per heavy atom. The predicted molar refractivity (Wildman–Crippen MR) is 82.6 cm³/mol. The molecular formula is C14H19N5S. The molecule has 3 rings (SSSR count). The molecule has 2 aromatic rings. The van der Waals surface area contributed by atoms with Crippen molar-refractivity contribution in [3.8, 4) is 0 Å². The van der Waals surface area contributed by atoms with Gasteiger partial charge >= 0.3 is 0 Å². The molecule has 1 aliphatic heterocycles. The summed E-state index contributed by atoms with van der Waals surface area (Å²) >= 11 is 1.77. The molecule has 0 radical (unpaired) electrons. The SMILES string of the molecule is Cc1cc(N(C)C2CCN(c3ncc(C)s3)C2)ncn1. The molecule has 6 heteroatoms. The lowest BCUT2D eigenvalue weighted by molar-refractivity contribution is 0.682. The van der Waals surface area contributed by atoms with Crippen LogP contribution in [0.1, 0.15) is 17.0 Å². The molecule has 0 bridgehead atoms. The number of aryl methyl sites for hydroxylation is 2. The molecule has 0 aliphatic carbocycles. The van der Waals surface area contributed by atoms with E-state index in [4.69, 9.17) is 0 Å². The Bertz CT molecular complexity index is 597. The molecule has 1 unspecified atom stereocenters. The van der Waals surface area contributed by atoms with Crippen LogP contribution >= 0.6 is 11.3 Å². The maximum atomic E-state index is 4.48. The smallest absolute Gasteiger partial charge is 0.185 e. The normalized spacial score (nSPS) is 18.6. The van der Waals surface area contributed by atoms with Crippen LogP contribution in [-0.2, 0) is 0 Å². The molecule has 1 aliphatic rings. The Kier molecular flexibility index (Phi) is 3.56. The number of hydrogen-bond acceptors (Lipinski definition) is 6. The second-order valence-electron chi connectivity index (χ2n) is 5.27. The standard InChI is InChI=1S/C14H19N5S/c1-10-6-13(17-9-16-10)18(3)12-4-5-19(8-12)14-15-7-11(2)20-14/h6-7,9,12H,4-5,8H2,1-3H3. The van der Waals surface area contributed by atoms with Crippen molar-refractivity contribution in [2.24, 2.45) is 0 Å². The Labute approximate surface area is 123 Å². The first-order valence-corrected chi connectivity index (χ1v) is 7.64. The quantitative estimate of drug-likeness (QED) is 0.867. The van der Waals surface area contributed by atoms with Crippen molar-refractivity contribution in [3.63, 3.8) is 0 Å². The van der Waals surface area contributed by atoms with E-state index in [1.807, 2.05) is 19.2 Å². The van der Waals surface area contributed by atoms with Crippen molar-refractivity contribution < 1.29 is 0 Å².